The van der Waals surface area contributed by atoms with Crippen LogP contribution in [-0.4, -0.2) is 41.2 Å². The van der Waals surface area contributed by atoms with Crippen LogP contribution in [0, 0.1) is 29.6 Å². The minimum absolute atomic E-state index is 0.237. The van der Waals surface area contributed by atoms with Crippen molar-refractivity contribution >= 4 is 29.4 Å². The van der Waals surface area contributed by atoms with Gasteiger partial charge in [-0.1, -0.05) is 39.0 Å². The second-order valence-corrected chi connectivity index (χ2v) is 9.29. The number of aryl methyl sites for hydroxylation is 1. The summed E-state index contributed by atoms with van der Waals surface area (Å²) in [6.07, 6.45) is 3.66. The highest BCUT2D eigenvalue weighted by Gasteiger charge is 2.62. The Bertz CT molecular complexity index is 883. The predicted molar refractivity (Wildman–Crippen MR) is 114 cm³/mol. The molecule has 7 nitrogen and oxygen atoms in total. The molecule has 1 aliphatic heterocycles. The Kier molecular flexibility index (Phi) is 5.86. The first kappa shape index (κ1) is 21.5. The zero-order valence-electron chi connectivity index (χ0n) is 18.3. The van der Waals surface area contributed by atoms with Gasteiger partial charge in [-0.15, -0.1) is 0 Å². The van der Waals surface area contributed by atoms with Crippen LogP contribution in [0.5, 0.6) is 0 Å². The fourth-order valence-corrected chi connectivity index (χ4v) is 5.74. The van der Waals surface area contributed by atoms with E-state index in [1.807, 2.05) is 25.1 Å². The van der Waals surface area contributed by atoms with Crippen molar-refractivity contribution in [1.82, 2.24) is 4.90 Å². The summed E-state index contributed by atoms with van der Waals surface area (Å²) in [7, 11) is 0. The Morgan fingerprint density at radius 1 is 1.10 bits per heavy atom. The van der Waals surface area contributed by atoms with Crippen LogP contribution in [0.1, 0.15) is 45.6 Å². The summed E-state index contributed by atoms with van der Waals surface area (Å²) in [5.41, 5.74) is 1.66. The fraction of sp³-hybridized carbons (Fsp3) is 0.583. The number of nitrogens with one attached hydrogen (secondary N) is 1. The molecule has 4 rings (SSSR count). The molecule has 2 bridgehead atoms. The van der Waals surface area contributed by atoms with Crippen molar-refractivity contribution < 1.29 is 23.9 Å². The molecule has 3 aliphatic rings. The summed E-state index contributed by atoms with van der Waals surface area (Å²) in [5.74, 6) is -1.99. The molecule has 166 valence electrons. The Morgan fingerprint density at radius 3 is 2.29 bits per heavy atom. The Hall–Kier alpha value is -2.70. The molecule has 5 atom stereocenters. The fourth-order valence-electron chi connectivity index (χ4n) is 5.74. The lowest BCUT2D eigenvalue weighted by molar-refractivity contribution is -0.162. The van der Waals surface area contributed by atoms with Gasteiger partial charge >= 0.3 is 5.97 Å². The second kappa shape index (κ2) is 8.44. The number of rotatable bonds is 7. The van der Waals surface area contributed by atoms with Crippen LogP contribution in [0.2, 0.25) is 0 Å². The van der Waals surface area contributed by atoms with Crippen molar-refractivity contribution in [2.75, 3.05) is 11.9 Å². The molecule has 2 aliphatic carbocycles. The number of carbonyl (C=O) groups is 4. The summed E-state index contributed by atoms with van der Waals surface area (Å²) in [6.45, 7) is 5.10. The summed E-state index contributed by atoms with van der Waals surface area (Å²) in [4.78, 5) is 52.6. The molecule has 0 unspecified atom stereocenters. The van der Waals surface area contributed by atoms with Crippen molar-refractivity contribution in [3.8, 4) is 0 Å². The van der Waals surface area contributed by atoms with Crippen molar-refractivity contribution in [2.24, 2.45) is 29.6 Å². The van der Waals surface area contributed by atoms with Crippen LogP contribution in [-0.2, 0) is 30.3 Å². The minimum atomic E-state index is -0.999. The van der Waals surface area contributed by atoms with E-state index in [2.05, 4.69) is 5.32 Å². The SMILES string of the molecule is CCc1ccccc1NC(=O)COC(=O)[C@H](C(C)C)N1C(=O)[C@@H]2[C@H]3CC[C@@H](C3)[C@H]2C1=O. The number of esters is 1. The van der Waals surface area contributed by atoms with Gasteiger partial charge in [0.05, 0.1) is 11.8 Å². The number of hydrogen-bond acceptors (Lipinski definition) is 5. The van der Waals surface area contributed by atoms with Gasteiger partial charge in [-0.25, -0.2) is 4.79 Å². The standard InChI is InChI=1S/C24H30N2O5/c1-4-14-7-5-6-8-17(14)25-18(27)12-31-24(30)21(13(2)3)26-22(28)19-15-9-10-16(11-15)20(19)23(26)29/h5-8,13,15-16,19-21H,4,9-12H2,1-3H3,(H,25,27)/t15-,16-,19+,20+,21-/m0/s1. The van der Waals surface area contributed by atoms with Crippen LogP contribution >= 0.6 is 0 Å². The second-order valence-electron chi connectivity index (χ2n) is 9.29. The van der Waals surface area contributed by atoms with Crippen molar-refractivity contribution in [1.29, 1.82) is 0 Å². The van der Waals surface area contributed by atoms with Crippen LogP contribution in [0.3, 0.4) is 0 Å². The maximum Gasteiger partial charge on any atom is 0.330 e. The number of fused-ring (bicyclic) bond motifs is 5. The Labute approximate surface area is 182 Å². The molecular formula is C24H30N2O5. The van der Waals surface area contributed by atoms with Crippen LogP contribution < -0.4 is 5.32 Å². The van der Waals surface area contributed by atoms with Gasteiger partial charge in [-0.05, 0) is 55.1 Å². The van der Waals surface area contributed by atoms with Crippen molar-refractivity contribution in [2.45, 2.75) is 52.5 Å². The number of hydrogen-bond donors (Lipinski definition) is 1. The lowest BCUT2D eigenvalue weighted by Crippen LogP contribution is -2.50. The highest BCUT2D eigenvalue weighted by atomic mass is 16.5. The number of nitrogens with zero attached hydrogens (tertiary/aromatic N) is 1. The van der Waals surface area contributed by atoms with E-state index in [0.717, 1.165) is 36.1 Å². The van der Waals surface area contributed by atoms with Gasteiger partial charge in [-0.3, -0.25) is 19.3 Å². The van der Waals surface area contributed by atoms with Gasteiger partial charge in [0.1, 0.15) is 6.04 Å². The number of para-hydroxylation sites is 1. The van der Waals surface area contributed by atoms with Crippen LogP contribution in [0.25, 0.3) is 0 Å². The average molecular weight is 427 g/mol. The Balaban J connectivity index is 1.42. The third kappa shape index (κ3) is 3.75. The third-order valence-corrected chi connectivity index (χ3v) is 7.13. The normalized spacial score (nSPS) is 27.5. The number of benzene rings is 1. The molecule has 31 heavy (non-hydrogen) atoms. The van der Waals surface area contributed by atoms with E-state index in [0.29, 0.717) is 5.69 Å². The maximum absolute atomic E-state index is 13.1. The molecule has 1 aromatic carbocycles. The minimum Gasteiger partial charge on any atom is -0.454 e. The summed E-state index contributed by atoms with van der Waals surface area (Å²) >= 11 is 0. The van der Waals surface area contributed by atoms with Gasteiger partial charge < -0.3 is 10.1 Å². The molecule has 0 radical (unpaired) electrons. The number of ether oxygens (including phenoxy) is 1. The van der Waals surface area contributed by atoms with Gasteiger partial charge in [0.25, 0.3) is 5.91 Å². The molecule has 2 saturated carbocycles. The molecule has 0 spiro atoms. The van der Waals surface area contributed by atoms with Gasteiger partial charge in [-0.2, -0.15) is 0 Å². The molecule has 1 aromatic rings. The molecule has 1 saturated heterocycles. The van der Waals surface area contributed by atoms with Gasteiger partial charge in [0.15, 0.2) is 6.61 Å². The lowest BCUT2D eigenvalue weighted by Gasteiger charge is -2.28. The number of carbonyl (C=O) groups excluding carboxylic acids is 4. The van der Waals surface area contributed by atoms with E-state index >= 15 is 0 Å². The molecule has 3 fully saturated rings. The smallest absolute Gasteiger partial charge is 0.330 e. The van der Waals surface area contributed by atoms with Crippen LogP contribution in [0.4, 0.5) is 5.69 Å². The van der Waals surface area contributed by atoms with Gasteiger partial charge in [0, 0.05) is 5.69 Å². The van der Waals surface area contributed by atoms with Crippen molar-refractivity contribution in [3.63, 3.8) is 0 Å². The highest BCUT2D eigenvalue weighted by molar-refractivity contribution is 6.08. The van der Waals surface area contributed by atoms with Crippen LogP contribution in [0.15, 0.2) is 24.3 Å². The third-order valence-electron chi connectivity index (χ3n) is 7.13. The van der Waals surface area contributed by atoms with E-state index in [1.54, 1.807) is 19.9 Å². The lowest BCUT2D eigenvalue weighted by atomic mass is 9.81. The quantitative estimate of drug-likeness (QED) is 0.535. The van der Waals surface area contributed by atoms with E-state index in [-0.39, 0.29) is 41.4 Å². The molecular weight excluding hydrogens is 396 g/mol. The van der Waals surface area contributed by atoms with E-state index < -0.39 is 24.5 Å². The largest absolute Gasteiger partial charge is 0.454 e. The molecule has 1 heterocycles. The molecule has 1 N–H and O–H groups in total. The maximum atomic E-state index is 13.1. The number of anilines is 1. The molecule has 7 heteroatoms. The average Bonchev–Trinajstić information content (AvgIpc) is 3.42. The Morgan fingerprint density at radius 2 is 1.71 bits per heavy atom. The zero-order chi connectivity index (χ0) is 22.3. The molecule has 0 aromatic heterocycles. The first-order valence-electron chi connectivity index (χ1n) is 11.2. The first-order chi connectivity index (χ1) is 14.8. The summed E-state index contributed by atoms with van der Waals surface area (Å²) in [6, 6.07) is 6.44. The predicted octanol–water partition coefficient (Wildman–Crippen LogP) is 2.79. The van der Waals surface area contributed by atoms with E-state index in [9.17, 15) is 19.2 Å². The highest BCUT2D eigenvalue weighted by Crippen LogP contribution is 2.56. The summed E-state index contributed by atoms with van der Waals surface area (Å²) < 4.78 is 5.28. The summed E-state index contributed by atoms with van der Waals surface area (Å²) in [5, 5.41) is 2.76. The van der Waals surface area contributed by atoms with Crippen molar-refractivity contribution in [3.05, 3.63) is 29.8 Å². The molecule has 3 amide bonds. The zero-order valence-corrected chi connectivity index (χ0v) is 18.3. The number of amides is 3. The van der Waals surface area contributed by atoms with E-state index in [4.69, 9.17) is 4.74 Å². The monoisotopic (exact) mass is 426 g/mol. The van der Waals surface area contributed by atoms with Gasteiger partial charge in [0.2, 0.25) is 11.8 Å². The topological polar surface area (TPSA) is 92.8 Å². The number of likely N-dealkylation sites (tertiary alicyclic amines) is 1. The number of imide groups is 1. The van der Waals surface area contributed by atoms with E-state index in [1.165, 1.54) is 0 Å². The first-order valence-corrected chi connectivity index (χ1v) is 11.2.